The first kappa shape index (κ1) is 20.5. The van der Waals surface area contributed by atoms with Gasteiger partial charge in [-0.3, -0.25) is 4.79 Å². The quantitative estimate of drug-likeness (QED) is 0.624. The molecule has 30 heavy (non-hydrogen) atoms. The zero-order valence-electron chi connectivity index (χ0n) is 16.2. The first-order chi connectivity index (χ1) is 14.3. The number of benzene rings is 2. The number of carboxylic acid groups (broad SMARTS) is 1. The molecule has 9 heteroatoms. The number of hydrogen-bond acceptors (Lipinski definition) is 4. The second kappa shape index (κ2) is 8.16. The molecule has 1 aliphatic rings. The van der Waals surface area contributed by atoms with Gasteiger partial charge >= 0.3 is 5.97 Å². The standard InChI is InChI=1S/C21H22FN3O4S/c22-16-6-7-18-19(12-16)24-20(23-18)10-15-13-25(9-8-14(15)11-21(26)27)30(28,29)17-4-2-1-3-5-17/h1-7,12,14-15H,8-11,13H2,(H,23,24)(H,26,27)/t14-,15-/m0/s1. The summed E-state index contributed by atoms with van der Waals surface area (Å²) in [7, 11) is -3.66. The average molecular weight is 431 g/mol. The number of piperidine rings is 1. The van der Waals surface area contributed by atoms with Crippen LogP contribution in [0, 0.1) is 17.7 Å². The van der Waals surface area contributed by atoms with Crippen LogP contribution in [-0.2, 0) is 21.2 Å². The Labute approximate surface area is 173 Å². The number of halogens is 1. The summed E-state index contributed by atoms with van der Waals surface area (Å²) in [5.41, 5.74) is 1.18. The monoisotopic (exact) mass is 431 g/mol. The Morgan fingerprint density at radius 1 is 1.20 bits per heavy atom. The van der Waals surface area contributed by atoms with E-state index in [9.17, 15) is 22.7 Å². The summed E-state index contributed by atoms with van der Waals surface area (Å²) in [5, 5.41) is 9.30. The largest absolute Gasteiger partial charge is 0.481 e. The van der Waals surface area contributed by atoms with Crippen molar-refractivity contribution in [3.8, 4) is 0 Å². The number of carbonyl (C=O) groups is 1. The van der Waals surface area contributed by atoms with Crippen LogP contribution in [-0.4, -0.2) is 46.9 Å². The summed E-state index contributed by atoms with van der Waals surface area (Å²) < 4.78 is 41.0. The number of fused-ring (bicyclic) bond motifs is 1. The second-order valence-electron chi connectivity index (χ2n) is 7.63. The number of aromatic nitrogens is 2. The van der Waals surface area contributed by atoms with Gasteiger partial charge in [0, 0.05) is 25.9 Å². The van der Waals surface area contributed by atoms with Crippen LogP contribution < -0.4 is 0 Å². The number of aromatic amines is 1. The fraction of sp³-hybridized carbons (Fsp3) is 0.333. The minimum Gasteiger partial charge on any atom is -0.481 e. The molecule has 7 nitrogen and oxygen atoms in total. The summed E-state index contributed by atoms with van der Waals surface area (Å²) in [6, 6.07) is 12.5. The van der Waals surface area contributed by atoms with Crippen LogP contribution in [0.4, 0.5) is 4.39 Å². The molecule has 4 rings (SSSR count). The summed E-state index contributed by atoms with van der Waals surface area (Å²) in [4.78, 5) is 19.1. The molecule has 1 fully saturated rings. The lowest BCUT2D eigenvalue weighted by Crippen LogP contribution is -2.45. The van der Waals surface area contributed by atoms with E-state index in [1.54, 1.807) is 36.4 Å². The highest BCUT2D eigenvalue weighted by molar-refractivity contribution is 7.89. The van der Waals surface area contributed by atoms with Crippen molar-refractivity contribution in [1.82, 2.24) is 14.3 Å². The lowest BCUT2D eigenvalue weighted by Gasteiger charge is -2.37. The van der Waals surface area contributed by atoms with E-state index < -0.39 is 16.0 Å². The van der Waals surface area contributed by atoms with Gasteiger partial charge in [0.1, 0.15) is 11.6 Å². The van der Waals surface area contributed by atoms with Crippen molar-refractivity contribution < 1.29 is 22.7 Å². The molecular weight excluding hydrogens is 409 g/mol. The zero-order valence-corrected chi connectivity index (χ0v) is 17.0. The maximum Gasteiger partial charge on any atom is 0.303 e. The highest BCUT2D eigenvalue weighted by Gasteiger charge is 2.36. The molecule has 0 spiro atoms. The molecule has 0 unspecified atom stereocenters. The number of carboxylic acids is 1. The van der Waals surface area contributed by atoms with Crippen molar-refractivity contribution in [3.63, 3.8) is 0 Å². The molecule has 2 atom stereocenters. The normalized spacial score (nSPS) is 20.4. The van der Waals surface area contributed by atoms with Crippen molar-refractivity contribution >= 4 is 27.0 Å². The van der Waals surface area contributed by atoms with Crippen molar-refractivity contribution in [2.45, 2.75) is 24.2 Å². The van der Waals surface area contributed by atoms with Crippen LogP contribution in [0.3, 0.4) is 0 Å². The minimum absolute atomic E-state index is 0.0290. The van der Waals surface area contributed by atoms with Gasteiger partial charge in [-0.1, -0.05) is 18.2 Å². The number of hydrogen-bond donors (Lipinski definition) is 2. The lowest BCUT2D eigenvalue weighted by molar-refractivity contribution is -0.138. The molecule has 1 saturated heterocycles. The molecule has 0 aliphatic carbocycles. The highest BCUT2D eigenvalue weighted by atomic mass is 32.2. The third-order valence-electron chi connectivity index (χ3n) is 5.62. The fourth-order valence-corrected chi connectivity index (χ4v) is 5.64. The Kier molecular flexibility index (Phi) is 5.57. The van der Waals surface area contributed by atoms with E-state index in [1.165, 1.54) is 16.4 Å². The molecule has 2 aromatic carbocycles. The minimum atomic E-state index is -3.66. The number of rotatable bonds is 6. The van der Waals surface area contributed by atoms with E-state index in [2.05, 4.69) is 9.97 Å². The Morgan fingerprint density at radius 3 is 2.70 bits per heavy atom. The third-order valence-corrected chi connectivity index (χ3v) is 7.50. The van der Waals surface area contributed by atoms with Gasteiger partial charge in [-0.25, -0.2) is 17.8 Å². The van der Waals surface area contributed by atoms with E-state index in [1.807, 2.05) is 0 Å². The molecule has 1 aliphatic heterocycles. The number of sulfonamides is 1. The number of imidazole rings is 1. The van der Waals surface area contributed by atoms with Gasteiger partial charge in [-0.05, 0) is 48.6 Å². The van der Waals surface area contributed by atoms with E-state index >= 15 is 0 Å². The fourth-order valence-electron chi connectivity index (χ4n) is 4.11. The number of nitrogens with zero attached hydrogens (tertiary/aromatic N) is 2. The van der Waals surface area contributed by atoms with Crippen molar-refractivity contribution in [2.75, 3.05) is 13.1 Å². The molecule has 1 aromatic heterocycles. The SMILES string of the molecule is O=C(O)C[C@@H]1CCN(S(=O)(=O)c2ccccc2)C[C@@H]1Cc1nc2ccc(F)cc2[nH]1. The Hall–Kier alpha value is -2.78. The highest BCUT2D eigenvalue weighted by Crippen LogP contribution is 2.32. The van der Waals surface area contributed by atoms with Crippen LogP contribution in [0.1, 0.15) is 18.7 Å². The van der Waals surface area contributed by atoms with Crippen LogP contribution in [0.5, 0.6) is 0 Å². The van der Waals surface area contributed by atoms with Crippen LogP contribution in [0.15, 0.2) is 53.4 Å². The van der Waals surface area contributed by atoms with E-state index in [0.717, 1.165) is 0 Å². The van der Waals surface area contributed by atoms with Gasteiger partial charge in [0.2, 0.25) is 10.0 Å². The first-order valence-electron chi connectivity index (χ1n) is 9.74. The third kappa shape index (κ3) is 4.22. The van der Waals surface area contributed by atoms with Crippen LogP contribution >= 0.6 is 0 Å². The summed E-state index contributed by atoms with van der Waals surface area (Å²) in [6.45, 7) is 0.484. The lowest BCUT2D eigenvalue weighted by atomic mass is 9.82. The predicted octanol–water partition coefficient (Wildman–Crippen LogP) is 3.05. The van der Waals surface area contributed by atoms with Crippen molar-refractivity contribution in [2.24, 2.45) is 11.8 Å². The molecule has 0 amide bonds. The Morgan fingerprint density at radius 2 is 1.97 bits per heavy atom. The number of nitrogens with one attached hydrogen (secondary N) is 1. The molecular formula is C21H22FN3O4S. The molecule has 0 radical (unpaired) electrons. The van der Waals surface area contributed by atoms with Gasteiger partial charge in [-0.2, -0.15) is 4.31 Å². The number of H-pyrrole nitrogens is 1. The molecule has 0 saturated carbocycles. The molecule has 158 valence electrons. The average Bonchev–Trinajstić information content (AvgIpc) is 3.11. The summed E-state index contributed by atoms with van der Waals surface area (Å²) >= 11 is 0. The van der Waals surface area contributed by atoms with E-state index in [4.69, 9.17) is 0 Å². The summed E-state index contributed by atoms with van der Waals surface area (Å²) in [6.07, 6.45) is 0.811. The predicted molar refractivity (Wildman–Crippen MR) is 109 cm³/mol. The summed E-state index contributed by atoms with van der Waals surface area (Å²) in [5.74, 6) is -1.08. The van der Waals surface area contributed by atoms with Gasteiger partial charge in [0.15, 0.2) is 0 Å². The number of aliphatic carboxylic acids is 1. The van der Waals surface area contributed by atoms with E-state index in [-0.39, 0.29) is 42.1 Å². The second-order valence-corrected chi connectivity index (χ2v) is 9.57. The smallest absolute Gasteiger partial charge is 0.303 e. The molecule has 3 aromatic rings. The topological polar surface area (TPSA) is 103 Å². The Bertz CT molecular complexity index is 1160. The van der Waals surface area contributed by atoms with Gasteiger partial charge in [0.05, 0.1) is 15.9 Å². The maximum absolute atomic E-state index is 13.5. The first-order valence-corrected chi connectivity index (χ1v) is 11.2. The van der Waals surface area contributed by atoms with Crippen LogP contribution in [0.2, 0.25) is 0 Å². The van der Waals surface area contributed by atoms with Gasteiger partial charge < -0.3 is 10.1 Å². The molecule has 2 heterocycles. The van der Waals surface area contributed by atoms with E-state index in [0.29, 0.717) is 29.7 Å². The van der Waals surface area contributed by atoms with Crippen LogP contribution in [0.25, 0.3) is 11.0 Å². The van der Waals surface area contributed by atoms with Crippen molar-refractivity contribution in [1.29, 1.82) is 0 Å². The zero-order chi connectivity index (χ0) is 21.3. The van der Waals surface area contributed by atoms with Gasteiger partial charge in [0.25, 0.3) is 0 Å². The molecule has 0 bridgehead atoms. The molecule has 2 N–H and O–H groups in total. The van der Waals surface area contributed by atoms with Gasteiger partial charge in [-0.15, -0.1) is 0 Å². The Balaban J connectivity index is 1.60. The maximum atomic E-state index is 13.5. The van der Waals surface area contributed by atoms with Crippen molar-refractivity contribution in [3.05, 3.63) is 60.2 Å².